The third-order valence-electron chi connectivity index (χ3n) is 4.40. The Hall–Kier alpha value is -2.11. The molecule has 2 aromatic carbocycles. The highest BCUT2D eigenvalue weighted by Gasteiger charge is 2.17. The van der Waals surface area contributed by atoms with Crippen LogP contribution in [0.5, 0.6) is 0 Å². The van der Waals surface area contributed by atoms with E-state index in [1.165, 1.54) is 16.3 Å². The summed E-state index contributed by atoms with van der Waals surface area (Å²) in [6.45, 7) is 4.98. The fourth-order valence-electron chi connectivity index (χ4n) is 3.02. The third-order valence-corrected chi connectivity index (χ3v) is 4.40. The molecule has 2 aromatic rings. The van der Waals surface area contributed by atoms with Gasteiger partial charge >= 0.3 is 0 Å². The van der Waals surface area contributed by atoms with E-state index in [0.717, 1.165) is 25.5 Å². The number of hydrogen-bond acceptors (Lipinski definition) is 3. The largest absolute Gasteiger partial charge is 0.379 e. The summed E-state index contributed by atoms with van der Waals surface area (Å²) in [5, 5.41) is 9.30. The number of rotatable bonds is 6. The number of guanidine groups is 1. The second kappa shape index (κ2) is 8.83. The second-order valence-corrected chi connectivity index (χ2v) is 6.43. The number of ether oxygens (including phenoxy) is 2. The molecule has 0 radical (unpaired) electrons. The Morgan fingerprint density at radius 3 is 2.92 bits per heavy atom. The zero-order valence-corrected chi connectivity index (χ0v) is 15.0. The number of nitrogens with one attached hydrogen (secondary N) is 2. The molecule has 1 aliphatic heterocycles. The van der Waals surface area contributed by atoms with Crippen LogP contribution in [0.1, 0.15) is 18.9 Å². The lowest BCUT2D eigenvalue weighted by molar-refractivity contribution is 0.0347. The van der Waals surface area contributed by atoms with E-state index in [1.54, 1.807) is 7.05 Å². The van der Waals surface area contributed by atoms with E-state index < -0.39 is 0 Å². The quantitative estimate of drug-likeness (QED) is 0.627. The Bertz CT molecular complexity index is 706. The van der Waals surface area contributed by atoms with Crippen LogP contribution >= 0.6 is 0 Å². The van der Waals surface area contributed by atoms with Gasteiger partial charge in [-0.25, -0.2) is 0 Å². The average molecular weight is 341 g/mol. The van der Waals surface area contributed by atoms with Crippen LogP contribution in [0.3, 0.4) is 0 Å². The Morgan fingerprint density at radius 2 is 2.12 bits per heavy atom. The molecule has 0 amide bonds. The second-order valence-electron chi connectivity index (χ2n) is 6.43. The summed E-state index contributed by atoms with van der Waals surface area (Å²) in [5.74, 6) is 0.784. The van der Waals surface area contributed by atoms with Crippen molar-refractivity contribution < 1.29 is 9.47 Å². The van der Waals surface area contributed by atoms with Gasteiger partial charge in [-0.3, -0.25) is 4.99 Å². The third kappa shape index (κ3) is 4.94. The van der Waals surface area contributed by atoms with Gasteiger partial charge in [0.2, 0.25) is 0 Å². The summed E-state index contributed by atoms with van der Waals surface area (Å²) >= 11 is 0. The number of fused-ring (bicyclic) bond motifs is 1. The summed E-state index contributed by atoms with van der Waals surface area (Å²) in [6, 6.07) is 15.0. The fraction of sp³-hybridized carbons (Fsp3) is 0.450. The highest BCUT2D eigenvalue weighted by molar-refractivity contribution is 5.86. The molecule has 2 atom stereocenters. The van der Waals surface area contributed by atoms with E-state index in [1.807, 2.05) is 0 Å². The Labute approximate surface area is 149 Å². The fourth-order valence-corrected chi connectivity index (χ4v) is 3.02. The first-order chi connectivity index (χ1) is 12.3. The minimum Gasteiger partial charge on any atom is -0.379 e. The molecule has 0 bridgehead atoms. The molecule has 0 spiro atoms. The van der Waals surface area contributed by atoms with Gasteiger partial charge in [0.25, 0.3) is 0 Å². The van der Waals surface area contributed by atoms with Gasteiger partial charge in [-0.15, -0.1) is 0 Å². The standard InChI is InChI=1S/C20H27N3O2/c1-15(13-25-18-10-11-24-14-18)23-20(21-2)22-12-17-8-5-7-16-6-3-4-9-19(16)17/h3-9,15,18H,10-14H2,1-2H3,(H2,21,22,23). The molecule has 1 heterocycles. The zero-order chi connectivity index (χ0) is 17.5. The maximum atomic E-state index is 5.86. The number of nitrogens with zero attached hydrogens (tertiary/aromatic N) is 1. The molecule has 1 aliphatic rings. The van der Waals surface area contributed by atoms with E-state index in [0.29, 0.717) is 13.2 Å². The van der Waals surface area contributed by atoms with E-state index in [-0.39, 0.29) is 12.1 Å². The molecule has 0 aromatic heterocycles. The molecule has 25 heavy (non-hydrogen) atoms. The van der Waals surface area contributed by atoms with Crippen LogP contribution in [0.25, 0.3) is 10.8 Å². The van der Waals surface area contributed by atoms with Gasteiger partial charge in [0.05, 0.1) is 19.3 Å². The van der Waals surface area contributed by atoms with E-state index in [4.69, 9.17) is 9.47 Å². The smallest absolute Gasteiger partial charge is 0.191 e. The molecule has 2 unspecified atom stereocenters. The van der Waals surface area contributed by atoms with Crippen LogP contribution in [-0.2, 0) is 16.0 Å². The Kier molecular flexibility index (Phi) is 6.25. The van der Waals surface area contributed by atoms with Crippen molar-refractivity contribution in [1.82, 2.24) is 10.6 Å². The maximum Gasteiger partial charge on any atom is 0.191 e. The van der Waals surface area contributed by atoms with Gasteiger partial charge in [0.1, 0.15) is 0 Å². The van der Waals surface area contributed by atoms with Crippen molar-refractivity contribution in [3.05, 3.63) is 48.0 Å². The lowest BCUT2D eigenvalue weighted by atomic mass is 10.0. The first kappa shape index (κ1) is 17.7. The van der Waals surface area contributed by atoms with E-state index in [9.17, 15) is 0 Å². The van der Waals surface area contributed by atoms with Crippen LogP contribution in [0, 0.1) is 0 Å². The van der Waals surface area contributed by atoms with Gasteiger partial charge in [-0.1, -0.05) is 42.5 Å². The molecule has 5 heteroatoms. The zero-order valence-electron chi connectivity index (χ0n) is 15.0. The van der Waals surface area contributed by atoms with Crippen LogP contribution < -0.4 is 10.6 Å². The molecular formula is C20H27N3O2. The van der Waals surface area contributed by atoms with Crippen LogP contribution in [0.2, 0.25) is 0 Å². The summed E-state index contributed by atoms with van der Waals surface area (Å²) < 4.78 is 11.2. The summed E-state index contributed by atoms with van der Waals surface area (Å²) in [5.41, 5.74) is 1.26. The highest BCUT2D eigenvalue weighted by atomic mass is 16.5. The van der Waals surface area contributed by atoms with Crippen molar-refractivity contribution in [2.24, 2.45) is 4.99 Å². The first-order valence-electron chi connectivity index (χ1n) is 8.89. The van der Waals surface area contributed by atoms with Crippen molar-refractivity contribution in [2.75, 3.05) is 26.9 Å². The molecule has 1 saturated heterocycles. The number of benzene rings is 2. The minimum atomic E-state index is 0.180. The number of aliphatic imine (C=N–C) groups is 1. The van der Waals surface area contributed by atoms with Crippen LogP contribution in [-0.4, -0.2) is 45.0 Å². The van der Waals surface area contributed by atoms with Gasteiger partial charge in [0.15, 0.2) is 5.96 Å². The monoisotopic (exact) mass is 341 g/mol. The van der Waals surface area contributed by atoms with Crippen molar-refractivity contribution >= 4 is 16.7 Å². The maximum absolute atomic E-state index is 5.86. The summed E-state index contributed by atoms with van der Waals surface area (Å²) in [6.07, 6.45) is 1.22. The average Bonchev–Trinajstić information content (AvgIpc) is 3.17. The molecule has 5 nitrogen and oxygen atoms in total. The molecule has 2 N–H and O–H groups in total. The topological polar surface area (TPSA) is 54.9 Å². The molecular weight excluding hydrogens is 314 g/mol. The molecule has 1 fully saturated rings. The van der Waals surface area contributed by atoms with Gasteiger partial charge in [0, 0.05) is 26.2 Å². The van der Waals surface area contributed by atoms with Gasteiger partial charge < -0.3 is 20.1 Å². The normalized spacial score (nSPS) is 19.1. The van der Waals surface area contributed by atoms with Crippen molar-refractivity contribution in [3.8, 4) is 0 Å². The molecule has 3 rings (SSSR count). The van der Waals surface area contributed by atoms with Crippen molar-refractivity contribution in [1.29, 1.82) is 0 Å². The molecule has 0 saturated carbocycles. The van der Waals surface area contributed by atoms with E-state index in [2.05, 4.69) is 65.0 Å². The predicted octanol–water partition coefficient (Wildman–Crippen LogP) is 2.70. The van der Waals surface area contributed by atoms with Gasteiger partial charge in [-0.2, -0.15) is 0 Å². The lowest BCUT2D eigenvalue weighted by Crippen LogP contribution is -2.44. The first-order valence-corrected chi connectivity index (χ1v) is 8.89. The minimum absolute atomic E-state index is 0.180. The number of hydrogen-bond donors (Lipinski definition) is 2. The van der Waals surface area contributed by atoms with Crippen LogP contribution in [0.15, 0.2) is 47.5 Å². The molecule has 134 valence electrons. The summed E-state index contributed by atoms with van der Waals surface area (Å²) in [7, 11) is 1.79. The lowest BCUT2D eigenvalue weighted by Gasteiger charge is -2.20. The predicted molar refractivity (Wildman–Crippen MR) is 102 cm³/mol. The molecule has 0 aliphatic carbocycles. The SMILES string of the molecule is CN=C(NCc1cccc2ccccc12)NC(C)COC1CCOC1. The Morgan fingerprint density at radius 1 is 1.28 bits per heavy atom. The van der Waals surface area contributed by atoms with Crippen LogP contribution in [0.4, 0.5) is 0 Å². The van der Waals surface area contributed by atoms with Gasteiger partial charge in [-0.05, 0) is 29.7 Å². The summed E-state index contributed by atoms with van der Waals surface area (Å²) in [4.78, 5) is 4.32. The van der Waals surface area contributed by atoms with Crippen molar-refractivity contribution in [2.45, 2.75) is 32.0 Å². The van der Waals surface area contributed by atoms with Crippen molar-refractivity contribution in [3.63, 3.8) is 0 Å². The highest BCUT2D eigenvalue weighted by Crippen LogP contribution is 2.18. The van der Waals surface area contributed by atoms with E-state index >= 15 is 0 Å². The Balaban J connectivity index is 1.51.